The van der Waals surface area contributed by atoms with Crippen molar-refractivity contribution in [3.8, 4) is 5.75 Å². The highest BCUT2D eigenvalue weighted by molar-refractivity contribution is 5.75. The summed E-state index contributed by atoms with van der Waals surface area (Å²) in [6, 6.07) is 11.5. The van der Waals surface area contributed by atoms with Gasteiger partial charge in [0.25, 0.3) is 0 Å². The third-order valence-electron chi connectivity index (χ3n) is 2.96. The highest BCUT2D eigenvalue weighted by Gasteiger charge is 2.15. The minimum absolute atomic E-state index is 0.0140. The van der Waals surface area contributed by atoms with Crippen molar-refractivity contribution in [3.63, 3.8) is 0 Å². The number of carbonyl (C=O) groups is 1. The molecule has 0 radical (unpaired) electrons. The zero-order chi connectivity index (χ0) is 15.2. The molecule has 5 heteroatoms. The van der Waals surface area contributed by atoms with Gasteiger partial charge in [0.1, 0.15) is 24.2 Å². The quantitative estimate of drug-likeness (QED) is 0.827. The fourth-order valence-electron chi connectivity index (χ4n) is 1.86. The van der Waals surface area contributed by atoms with Crippen LogP contribution in [0.4, 0.5) is 4.39 Å². The van der Waals surface area contributed by atoms with E-state index in [4.69, 9.17) is 10.5 Å². The minimum Gasteiger partial charge on any atom is -0.508 e. The van der Waals surface area contributed by atoms with Crippen LogP contribution in [-0.2, 0) is 22.6 Å². The second kappa shape index (κ2) is 6.85. The summed E-state index contributed by atoms with van der Waals surface area (Å²) in [6.07, 6.45) is 0.308. The summed E-state index contributed by atoms with van der Waals surface area (Å²) >= 11 is 0. The number of hydrogen-bond acceptors (Lipinski definition) is 4. The monoisotopic (exact) mass is 289 g/mol. The first-order valence-corrected chi connectivity index (χ1v) is 6.49. The lowest BCUT2D eigenvalue weighted by Gasteiger charge is -2.12. The van der Waals surface area contributed by atoms with E-state index in [1.807, 2.05) is 0 Å². The van der Waals surface area contributed by atoms with Crippen LogP contribution in [0.1, 0.15) is 11.1 Å². The highest BCUT2D eigenvalue weighted by Crippen LogP contribution is 2.12. The third-order valence-corrected chi connectivity index (χ3v) is 2.96. The van der Waals surface area contributed by atoms with E-state index in [9.17, 15) is 14.3 Å². The van der Waals surface area contributed by atoms with E-state index < -0.39 is 12.0 Å². The molecule has 0 aliphatic heterocycles. The number of ether oxygens (including phenoxy) is 1. The molecule has 0 fully saturated rings. The van der Waals surface area contributed by atoms with E-state index >= 15 is 0 Å². The smallest absolute Gasteiger partial charge is 0.323 e. The van der Waals surface area contributed by atoms with E-state index in [1.54, 1.807) is 24.3 Å². The number of aromatic hydroxyl groups is 1. The number of benzene rings is 2. The van der Waals surface area contributed by atoms with Crippen LogP contribution >= 0.6 is 0 Å². The number of nitrogens with two attached hydrogens (primary N) is 1. The van der Waals surface area contributed by atoms with Crippen LogP contribution in [-0.4, -0.2) is 17.1 Å². The Balaban J connectivity index is 1.86. The van der Waals surface area contributed by atoms with Crippen molar-refractivity contribution < 1.29 is 19.0 Å². The lowest BCUT2D eigenvalue weighted by Crippen LogP contribution is -2.34. The molecule has 4 nitrogen and oxygen atoms in total. The summed E-state index contributed by atoms with van der Waals surface area (Å²) in [5, 5.41) is 9.18. The van der Waals surface area contributed by atoms with Gasteiger partial charge in [0.05, 0.1) is 0 Å². The van der Waals surface area contributed by atoms with Gasteiger partial charge in [-0.1, -0.05) is 24.3 Å². The lowest BCUT2D eigenvalue weighted by atomic mass is 10.1. The summed E-state index contributed by atoms with van der Waals surface area (Å²) in [6.45, 7) is -0.0140. The molecule has 2 rings (SSSR count). The second-order valence-corrected chi connectivity index (χ2v) is 4.71. The summed E-state index contributed by atoms with van der Waals surface area (Å²) in [4.78, 5) is 11.8. The van der Waals surface area contributed by atoms with Crippen molar-refractivity contribution in [2.45, 2.75) is 19.1 Å². The number of phenolic OH excluding ortho intramolecular Hbond substituents is 1. The Morgan fingerprint density at radius 3 is 2.57 bits per heavy atom. The standard InChI is InChI=1S/C16H16FNO3/c17-13-3-1-2-12(8-13)10-21-16(20)15(18)9-11-4-6-14(19)7-5-11/h1-8,15,19H,9-10,18H2/t15-/m0/s1. The molecule has 0 aromatic heterocycles. The normalized spacial score (nSPS) is 11.9. The first-order valence-electron chi connectivity index (χ1n) is 6.49. The fraction of sp³-hybridized carbons (Fsp3) is 0.188. The van der Waals surface area contributed by atoms with Gasteiger partial charge in [0.2, 0.25) is 0 Å². The molecule has 21 heavy (non-hydrogen) atoms. The van der Waals surface area contributed by atoms with E-state index in [0.29, 0.717) is 12.0 Å². The predicted molar refractivity (Wildman–Crippen MR) is 76.0 cm³/mol. The maximum atomic E-state index is 13.0. The van der Waals surface area contributed by atoms with Gasteiger partial charge in [-0.05, 0) is 41.8 Å². The molecule has 0 bridgehead atoms. The van der Waals surface area contributed by atoms with Gasteiger partial charge in [-0.25, -0.2) is 4.39 Å². The van der Waals surface area contributed by atoms with E-state index in [-0.39, 0.29) is 18.2 Å². The molecule has 3 N–H and O–H groups in total. The fourth-order valence-corrected chi connectivity index (χ4v) is 1.86. The van der Waals surface area contributed by atoms with Gasteiger partial charge in [0.15, 0.2) is 0 Å². The molecule has 0 saturated carbocycles. The molecule has 0 saturated heterocycles. The van der Waals surface area contributed by atoms with Gasteiger partial charge in [-0.3, -0.25) is 4.79 Å². The average Bonchev–Trinajstić information content (AvgIpc) is 2.47. The van der Waals surface area contributed by atoms with Crippen molar-refractivity contribution in [3.05, 3.63) is 65.5 Å². The lowest BCUT2D eigenvalue weighted by molar-refractivity contribution is -0.146. The van der Waals surface area contributed by atoms with Crippen LogP contribution in [0.3, 0.4) is 0 Å². The molecule has 2 aromatic rings. The third kappa shape index (κ3) is 4.57. The average molecular weight is 289 g/mol. The van der Waals surface area contributed by atoms with Gasteiger partial charge in [-0.15, -0.1) is 0 Å². The first kappa shape index (κ1) is 15.0. The van der Waals surface area contributed by atoms with Gasteiger partial charge < -0.3 is 15.6 Å². The van der Waals surface area contributed by atoms with Crippen molar-refractivity contribution >= 4 is 5.97 Å². The second-order valence-electron chi connectivity index (χ2n) is 4.71. The van der Waals surface area contributed by atoms with Gasteiger partial charge in [0, 0.05) is 0 Å². The number of rotatable bonds is 5. The molecule has 0 spiro atoms. The predicted octanol–water partition coefficient (Wildman–Crippen LogP) is 2.14. The summed E-state index contributed by atoms with van der Waals surface area (Å²) < 4.78 is 18.0. The molecule has 0 aliphatic carbocycles. The largest absolute Gasteiger partial charge is 0.508 e. The van der Waals surface area contributed by atoms with Crippen LogP contribution in [0.5, 0.6) is 5.75 Å². The highest BCUT2D eigenvalue weighted by atomic mass is 19.1. The maximum absolute atomic E-state index is 13.0. The number of halogens is 1. The van der Waals surface area contributed by atoms with Gasteiger partial charge in [-0.2, -0.15) is 0 Å². The SMILES string of the molecule is N[C@@H](Cc1ccc(O)cc1)C(=O)OCc1cccc(F)c1. The molecular weight excluding hydrogens is 273 g/mol. The van der Waals surface area contributed by atoms with Crippen molar-refractivity contribution in [1.82, 2.24) is 0 Å². The number of carbonyl (C=O) groups excluding carboxylic acids is 1. The summed E-state index contributed by atoms with van der Waals surface area (Å²) in [7, 11) is 0. The van der Waals surface area contributed by atoms with Gasteiger partial charge >= 0.3 is 5.97 Å². The van der Waals surface area contributed by atoms with Crippen molar-refractivity contribution in [2.75, 3.05) is 0 Å². The molecule has 110 valence electrons. The molecular formula is C16H16FNO3. The zero-order valence-electron chi connectivity index (χ0n) is 11.3. The molecule has 2 aromatic carbocycles. The summed E-state index contributed by atoms with van der Waals surface area (Å²) in [5.74, 6) is -0.773. The van der Waals surface area contributed by atoms with E-state index in [1.165, 1.54) is 24.3 Å². The summed E-state index contributed by atoms with van der Waals surface area (Å²) in [5.41, 5.74) is 7.16. The molecule has 0 heterocycles. The molecule has 0 amide bonds. The number of phenols is 1. The van der Waals surface area contributed by atoms with E-state index in [2.05, 4.69) is 0 Å². The molecule has 1 atom stereocenters. The molecule has 0 unspecified atom stereocenters. The van der Waals surface area contributed by atoms with Crippen molar-refractivity contribution in [2.24, 2.45) is 5.73 Å². The Morgan fingerprint density at radius 1 is 1.19 bits per heavy atom. The Morgan fingerprint density at radius 2 is 1.90 bits per heavy atom. The zero-order valence-corrected chi connectivity index (χ0v) is 11.3. The minimum atomic E-state index is -0.803. The molecule has 0 aliphatic rings. The van der Waals surface area contributed by atoms with E-state index in [0.717, 1.165) is 5.56 Å². The van der Waals surface area contributed by atoms with Crippen LogP contribution in [0.15, 0.2) is 48.5 Å². The van der Waals surface area contributed by atoms with Crippen LogP contribution < -0.4 is 5.73 Å². The number of esters is 1. The number of hydrogen-bond donors (Lipinski definition) is 2. The maximum Gasteiger partial charge on any atom is 0.323 e. The first-order chi connectivity index (χ1) is 10.0. The Kier molecular flexibility index (Phi) is 4.90. The van der Waals surface area contributed by atoms with Crippen LogP contribution in [0.2, 0.25) is 0 Å². The van der Waals surface area contributed by atoms with Crippen molar-refractivity contribution in [1.29, 1.82) is 0 Å². The van der Waals surface area contributed by atoms with Crippen LogP contribution in [0, 0.1) is 5.82 Å². The topological polar surface area (TPSA) is 72.5 Å². The van der Waals surface area contributed by atoms with Crippen LogP contribution in [0.25, 0.3) is 0 Å². The Bertz CT molecular complexity index is 613. The Labute approximate surface area is 122 Å². The Hall–Kier alpha value is -2.40.